The van der Waals surface area contributed by atoms with Gasteiger partial charge in [0, 0.05) is 17.8 Å². The van der Waals surface area contributed by atoms with E-state index in [4.69, 9.17) is 0 Å². The molecule has 0 N–H and O–H groups in total. The summed E-state index contributed by atoms with van der Waals surface area (Å²) in [5, 5.41) is 0. The third kappa shape index (κ3) is 1.63. The van der Waals surface area contributed by atoms with Crippen molar-refractivity contribution in [3.8, 4) is 0 Å². The summed E-state index contributed by atoms with van der Waals surface area (Å²) in [6, 6.07) is 2.20. The molecule has 0 amide bonds. The molecule has 1 nitrogen and oxygen atoms in total. The van der Waals surface area contributed by atoms with Gasteiger partial charge in [0.15, 0.2) is 0 Å². The van der Waals surface area contributed by atoms with E-state index in [2.05, 4.69) is 58.8 Å². The predicted octanol–water partition coefficient (Wildman–Crippen LogP) is 4.36. The highest BCUT2D eigenvalue weighted by Crippen LogP contribution is 2.59. The van der Waals surface area contributed by atoms with Gasteiger partial charge in [0.05, 0.1) is 0 Å². The van der Waals surface area contributed by atoms with Crippen molar-refractivity contribution < 1.29 is 0 Å². The first-order valence-electron chi connectivity index (χ1n) is 6.63. The topological polar surface area (TPSA) is 12.9 Å². The minimum absolute atomic E-state index is 0.240. The van der Waals surface area contributed by atoms with Crippen molar-refractivity contribution >= 4 is 0 Å². The molecule has 0 spiro atoms. The van der Waals surface area contributed by atoms with Crippen LogP contribution in [-0.2, 0) is 11.8 Å². The zero-order valence-electron chi connectivity index (χ0n) is 12.1. The van der Waals surface area contributed by atoms with E-state index in [0.717, 1.165) is 0 Å². The molecule has 0 aromatic carbocycles. The molecule has 0 aliphatic heterocycles. The van der Waals surface area contributed by atoms with Crippen LogP contribution in [0.4, 0.5) is 0 Å². The van der Waals surface area contributed by atoms with Crippen LogP contribution in [0.15, 0.2) is 18.5 Å². The lowest BCUT2D eigenvalue weighted by Crippen LogP contribution is -2.48. The summed E-state index contributed by atoms with van der Waals surface area (Å²) >= 11 is 0. The number of rotatable bonds is 0. The summed E-state index contributed by atoms with van der Waals surface area (Å²) in [5.74, 6) is 0. The zero-order valence-corrected chi connectivity index (χ0v) is 12.1. The van der Waals surface area contributed by atoms with Crippen molar-refractivity contribution in [3.63, 3.8) is 0 Å². The Hall–Kier alpha value is -0.850. The average molecular weight is 231 g/mol. The largest absolute Gasteiger partial charge is 0.264 e. The number of aromatic nitrogens is 1. The Bertz CT molecular complexity index is 404. The van der Waals surface area contributed by atoms with Gasteiger partial charge < -0.3 is 0 Å². The normalized spacial score (nSPS) is 19.2. The van der Waals surface area contributed by atoms with Crippen molar-refractivity contribution in [1.82, 2.24) is 4.98 Å². The Balaban J connectivity index is 2.68. The SMILES string of the molecule is CC(C)(C)C1(C(C)(C)C)CCc2ccncc21. The molecule has 0 radical (unpaired) electrons. The lowest BCUT2D eigenvalue weighted by Gasteiger charge is -2.52. The maximum absolute atomic E-state index is 4.38. The summed E-state index contributed by atoms with van der Waals surface area (Å²) in [6.07, 6.45) is 6.49. The van der Waals surface area contributed by atoms with Crippen LogP contribution in [0.5, 0.6) is 0 Å². The molecule has 1 aromatic rings. The minimum Gasteiger partial charge on any atom is -0.264 e. The van der Waals surface area contributed by atoms with Gasteiger partial charge in [0.2, 0.25) is 0 Å². The smallest absolute Gasteiger partial charge is 0.0308 e. The van der Waals surface area contributed by atoms with Gasteiger partial charge in [-0.05, 0) is 40.9 Å². The summed E-state index contributed by atoms with van der Waals surface area (Å²) in [7, 11) is 0. The van der Waals surface area contributed by atoms with Crippen LogP contribution in [0.1, 0.15) is 59.1 Å². The average Bonchev–Trinajstić information content (AvgIpc) is 2.55. The van der Waals surface area contributed by atoms with Crippen LogP contribution in [-0.4, -0.2) is 4.98 Å². The summed E-state index contributed by atoms with van der Waals surface area (Å²) < 4.78 is 0. The molecule has 94 valence electrons. The maximum atomic E-state index is 4.38. The van der Waals surface area contributed by atoms with Crippen LogP contribution in [0, 0.1) is 10.8 Å². The van der Waals surface area contributed by atoms with Crippen LogP contribution in [0.2, 0.25) is 0 Å². The predicted molar refractivity (Wildman–Crippen MR) is 73.1 cm³/mol. The second kappa shape index (κ2) is 3.57. The summed E-state index contributed by atoms with van der Waals surface area (Å²) in [5.41, 5.74) is 3.76. The van der Waals surface area contributed by atoms with Gasteiger partial charge in [-0.1, -0.05) is 41.5 Å². The molecule has 0 unspecified atom stereocenters. The molecular formula is C16H25N. The maximum Gasteiger partial charge on any atom is 0.0308 e. The van der Waals surface area contributed by atoms with Crippen molar-refractivity contribution in [2.75, 3.05) is 0 Å². The molecule has 0 atom stereocenters. The first-order chi connectivity index (χ1) is 7.70. The van der Waals surface area contributed by atoms with Crippen LogP contribution in [0.25, 0.3) is 0 Å². The fourth-order valence-corrected chi connectivity index (χ4v) is 4.17. The molecule has 1 heterocycles. The lowest BCUT2D eigenvalue weighted by molar-refractivity contribution is 0.0522. The number of hydrogen-bond donors (Lipinski definition) is 0. The van der Waals surface area contributed by atoms with Crippen LogP contribution < -0.4 is 0 Å². The van der Waals surface area contributed by atoms with E-state index in [1.54, 1.807) is 0 Å². The van der Waals surface area contributed by atoms with E-state index < -0.39 is 0 Å². The summed E-state index contributed by atoms with van der Waals surface area (Å²) in [4.78, 5) is 4.38. The van der Waals surface area contributed by atoms with E-state index >= 15 is 0 Å². The van der Waals surface area contributed by atoms with Crippen molar-refractivity contribution in [1.29, 1.82) is 0 Å². The highest BCUT2D eigenvalue weighted by Gasteiger charge is 2.54. The van der Waals surface area contributed by atoms with Crippen molar-refractivity contribution in [2.24, 2.45) is 10.8 Å². The van der Waals surface area contributed by atoms with E-state index in [9.17, 15) is 0 Å². The van der Waals surface area contributed by atoms with Crippen LogP contribution >= 0.6 is 0 Å². The quantitative estimate of drug-likeness (QED) is 0.646. The molecule has 0 saturated carbocycles. The Morgan fingerprint density at radius 1 is 1.06 bits per heavy atom. The molecule has 1 aliphatic rings. The molecular weight excluding hydrogens is 206 g/mol. The molecule has 1 aromatic heterocycles. The molecule has 17 heavy (non-hydrogen) atoms. The third-order valence-electron chi connectivity index (χ3n) is 4.70. The number of hydrogen-bond acceptors (Lipinski definition) is 1. The van der Waals surface area contributed by atoms with Crippen molar-refractivity contribution in [3.05, 3.63) is 29.6 Å². The molecule has 0 saturated heterocycles. The Kier molecular flexibility index (Phi) is 2.65. The monoisotopic (exact) mass is 231 g/mol. The van der Waals surface area contributed by atoms with Gasteiger partial charge in [-0.25, -0.2) is 0 Å². The standard InChI is InChI=1S/C16H25N/c1-14(2,3)16(15(4,5)6)9-7-12-8-10-17-11-13(12)16/h8,10-11H,7,9H2,1-6H3. The number of fused-ring (bicyclic) bond motifs is 1. The Labute approximate surface area is 106 Å². The molecule has 0 fully saturated rings. The second-order valence-electron chi connectivity index (χ2n) is 7.44. The third-order valence-corrected chi connectivity index (χ3v) is 4.70. The number of aryl methyl sites for hydroxylation is 1. The van der Waals surface area contributed by atoms with Gasteiger partial charge in [-0.3, -0.25) is 4.98 Å². The van der Waals surface area contributed by atoms with E-state index in [1.165, 1.54) is 24.0 Å². The first-order valence-corrected chi connectivity index (χ1v) is 6.63. The highest BCUT2D eigenvalue weighted by atomic mass is 14.7. The van der Waals surface area contributed by atoms with Gasteiger partial charge in [0.25, 0.3) is 0 Å². The Morgan fingerprint density at radius 3 is 2.18 bits per heavy atom. The van der Waals surface area contributed by atoms with Gasteiger partial charge in [-0.2, -0.15) is 0 Å². The van der Waals surface area contributed by atoms with Crippen molar-refractivity contribution in [2.45, 2.75) is 59.8 Å². The van der Waals surface area contributed by atoms with Crippen LogP contribution in [0.3, 0.4) is 0 Å². The van der Waals surface area contributed by atoms with Gasteiger partial charge in [-0.15, -0.1) is 0 Å². The molecule has 2 rings (SSSR count). The number of pyridine rings is 1. The fourth-order valence-electron chi connectivity index (χ4n) is 4.17. The lowest BCUT2D eigenvalue weighted by atomic mass is 9.52. The molecule has 0 bridgehead atoms. The Morgan fingerprint density at radius 2 is 1.65 bits per heavy atom. The van der Waals surface area contributed by atoms with Gasteiger partial charge in [0.1, 0.15) is 0 Å². The van der Waals surface area contributed by atoms with E-state index in [1.807, 2.05) is 6.20 Å². The highest BCUT2D eigenvalue weighted by molar-refractivity contribution is 5.41. The van der Waals surface area contributed by atoms with E-state index in [-0.39, 0.29) is 16.2 Å². The first kappa shape index (κ1) is 12.6. The van der Waals surface area contributed by atoms with E-state index in [0.29, 0.717) is 0 Å². The van der Waals surface area contributed by atoms with Gasteiger partial charge >= 0.3 is 0 Å². The molecule has 1 aliphatic carbocycles. The fraction of sp³-hybridized carbons (Fsp3) is 0.688. The molecule has 1 heteroatoms. The summed E-state index contributed by atoms with van der Waals surface area (Å²) in [6.45, 7) is 14.3. The minimum atomic E-state index is 0.240. The zero-order chi connectivity index (χ0) is 12.9. The number of nitrogens with zero attached hydrogens (tertiary/aromatic N) is 1. The second-order valence-corrected chi connectivity index (χ2v) is 7.44.